The maximum absolute atomic E-state index is 12.2. The van der Waals surface area contributed by atoms with E-state index >= 15 is 0 Å². The highest BCUT2D eigenvalue weighted by Gasteiger charge is 2.19. The largest absolute Gasteiger partial charge is 0.493 e. The predicted molar refractivity (Wildman–Crippen MR) is 159 cm³/mol. The van der Waals surface area contributed by atoms with Gasteiger partial charge in [0.15, 0.2) is 0 Å². The second-order valence-corrected chi connectivity index (χ2v) is 9.74. The van der Waals surface area contributed by atoms with E-state index in [4.69, 9.17) is 9.47 Å². The molecule has 0 fully saturated rings. The SMILES string of the molecule is O=C(O)c1[nH]c2c(-c3ccc(OCc4ccccc4)cc3)cccc2c1CCCOc1cccc2ccccc12. The first-order valence-electron chi connectivity index (χ1n) is 13.4. The van der Waals surface area contributed by atoms with Gasteiger partial charge in [0.2, 0.25) is 0 Å². The summed E-state index contributed by atoms with van der Waals surface area (Å²) >= 11 is 0. The van der Waals surface area contributed by atoms with Crippen LogP contribution in [0.3, 0.4) is 0 Å². The van der Waals surface area contributed by atoms with Crippen LogP contribution in [-0.4, -0.2) is 22.7 Å². The highest BCUT2D eigenvalue weighted by Crippen LogP contribution is 2.33. The first kappa shape index (κ1) is 25.3. The van der Waals surface area contributed by atoms with E-state index in [0.717, 1.165) is 55.4 Å². The van der Waals surface area contributed by atoms with Gasteiger partial charge in [0.05, 0.1) is 12.1 Å². The Balaban J connectivity index is 1.19. The molecule has 198 valence electrons. The average Bonchev–Trinajstić information content (AvgIpc) is 3.38. The van der Waals surface area contributed by atoms with Crippen LogP contribution in [0.4, 0.5) is 0 Å². The predicted octanol–water partition coefficient (Wildman–Crippen LogP) is 8.28. The molecule has 0 atom stereocenters. The van der Waals surface area contributed by atoms with Gasteiger partial charge in [-0.1, -0.05) is 97.1 Å². The summed E-state index contributed by atoms with van der Waals surface area (Å²) in [5.41, 5.74) is 4.90. The summed E-state index contributed by atoms with van der Waals surface area (Å²) in [6.07, 6.45) is 1.27. The molecule has 0 bridgehead atoms. The van der Waals surface area contributed by atoms with E-state index < -0.39 is 5.97 Å². The third kappa shape index (κ3) is 5.27. The van der Waals surface area contributed by atoms with Crippen molar-refractivity contribution in [2.24, 2.45) is 0 Å². The van der Waals surface area contributed by atoms with Crippen LogP contribution in [0.2, 0.25) is 0 Å². The van der Waals surface area contributed by atoms with Gasteiger partial charge in [0, 0.05) is 16.3 Å². The molecule has 40 heavy (non-hydrogen) atoms. The highest BCUT2D eigenvalue weighted by atomic mass is 16.5. The summed E-state index contributed by atoms with van der Waals surface area (Å²) in [5, 5.41) is 13.1. The number of aromatic nitrogens is 1. The molecule has 0 unspecified atom stereocenters. The number of carboxylic acid groups (broad SMARTS) is 1. The number of benzene rings is 5. The first-order valence-corrected chi connectivity index (χ1v) is 13.4. The van der Waals surface area contributed by atoms with Crippen LogP contribution < -0.4 is 9.47 Å². The smallest absolute Gasteiger partial charge is 0.352 e. The summed E-state index contributed by atoms with van der Waals surface area (Å²) in [5.74, 6) is 0.662. The van der Waals surface area contributed by atoms with Crippen molar-refractivity contribution in [3.05, 3.63) is 132 Å². The van der Waals surface area contributed by atoms with E-state index in [2.05, 4.69) is 23.2 Å². The van der Waals surface area contributed by atoms with Crippen LogP contribution in [0.1, 0.15) is 28.0 Å². The molecule has 5 heteroatoms. The minimum atomic E-state index is -0.961. The van der Waals surface area contributed by atoms with Gasteiger partial charge in [-0.2, -0.15) is 0 Å². The first-order chi connectivity index (χ1) is 19.7. The number of carbonyl (C=O) groups is 1. The third-order valence-electron chi connectivity index (χ3n) is 7.15. The lowest BCUT2D eigenvalue weighted by Crippen LogP contribution is -2.04. The zero-order chi connectivity index (χ0) is 27.3. The number of hydrogen-bond acceptors (Lipinski definition) is 3. The number of para-hydroxylation sites is 1. The number of ether oxygens (including phenoxy) is 2. The molecular weight excluding hydrogens is 498 g/mol. The molecule has 0 saturated heterocycles. The van der Waals surface area contributed by atoms with E-state index in [-0.39, 0.29) is 5.69 Å². The number of aromatic amines is 1. The average molecular weight is 528 g/mol. The number of aromatic carboxylic acids is 1. The molecule has 2 N–H and O–H groups in total. The molecule has 0 saturated carbocycles. The standard InChI is InChI=1S/C35H29NO4/c37-35(38)34-31(16-8-22-39-32-17-6-12-25-11-4-5-13-28(25)32)30-15-7-14-29(33(30)36-34)26-18-20-27(21-19-26)40-23-24-9-2-1-3-10-24/h1-7,9-15,17-21,36H,8,16,22-23H2,(H,37,38). The normalized spacial score (nSPS) is 11.1. The molecule has 1 heterocycles. The van der Waals surface area contributed by atoms with Crippen molar-refractivity contribution in [2.45, 2.75) is 19.4 Å². The molecule has 5 aromatic carbocycles. The maximum atomic E-state index is 12.2. The molecule has 0 aliphatic carbocycles. The molecule has 0 spiro atoms. The van der Waals surface area contributed by atoms with Crippen molar-refractivity contribution in [3.63, 3.8) is 0 Å². The van der Waals surface area contributed by atoms with Crippen molar-refractivity contribution in [2.75, 3.05) is 6.61 Å². The van der Waals surface area contributed by atoms with Crippen molar-refractivity contribution >= 4 is 27.6 Å². The second kappa shape index (κ2) is 11.4. The molecule has 6 aromatic rings. The Labute approximate surface area is 232 Å². The van der Waals surface area contributed by atoms with E-state index in [1.807, 2.05) is 97.1 Å². The van der Waals surface area contributed by atoms with Gasteiger partial charge in [-0.15, -0.1) is 0 Å². The van der Waals surface area contributed by atoms with Gasteiger partial charge in [0.1, 0.15) is 23.8 Å². The van der Waals surface area contributed by atoms with Crippen molar-refractivity contribution in [1.29, 1.82) is 0 Å². The van der Waals surface area contributed by atoms with Gasteiger partial charge < -0.3 is 19.6 Å². The molecular formula is C35H29NO4. The van der Waals surface area contributed by atoms with Gasteiger partial charge in [-0.3, -0.25) is 0 Å². The number of hydrogen-bond donors (Lipinski definition) is 2. The summed E-state index contributed by atoms with van der Waals surface area (Å²) in [6, 6.07) is 38.1. The maximum Gasteiger partial charge on any atom is 0.352 e. The number of fused-ring (bicyclic) bond motifs is 2. The lowest BCUT2D eigenvalue weighted by atomic mass is 10.00. The second-order valence-electron chi connectivity index (χ2n) is 9.74. The lowest BCUT2D eigenvalue weighted by Gasteiger charge is -2.10. The summed E-state index contributed by atoms with van der Waals surface area (Å²) < 4.78 is 12.1. The highest BCUT2D eigenvalue weighted by molar-refractivity contribution is 6.03. The summed E-state index contributed by atoms with van der Waals surface area (Å²) in [6.45, 7) is 0.992. The van der Waals surface area contributed by atoms with E-state index in [0.29, 0.717) is 26.1 Å². The number of H-pyrrole nitrogens is 1. The van der Waals surface area contributed by atoms with Crippen molar-refractivity contribution in [1.82, 2.24) is 4.98 Å². The Morgan fingerprint density at radius 3 is 2.27 bits per heavy atom. The fraction of sp³-hybridized carbons (Fsp3) is 0.114. The van der Waals surface area contributed by atoms with Crippen LogP contribution in [0.5, 0.6) is 11.5 Å². The van der Waals surface area contributed by atoms with E-state index in [9.17, 15) is 9.90 Å². The molecule has 6 rings (SSSR count). The van der Waals surface area contributed by atoms with Gasteiger partial charge in [-0.25, -0.2) is 4.79 Å². The topological polar surface area (TPSA) is 71.5 Å². The quantitative estimate of drug-likeness (QED) is 0.176. The Morgan fingerprint density at radius 2 is 1.45 bits per heavy atom. The van der Waals surface area contributed by atoms with Crippen LogP contribution >= 0.6 is 0 Å². The van der Waals surface area contributed by atoms with E-state index in [1.165, 1.54) is 0 Å². The molecule has 0 amide bonds. The Hall–Kier alpha value is -5.03. The fourth-order valence-corrected chi connectivity index (χ4v) is 5.18. The van der Waals surface area contributed by atoms with Crippen LogP contribution in [0.25, 0.3) is 32.8 Å². The zero-order valence-corrected chi connectivity index (χ0v) is 22.0. The molecule has 5 nitrogen and oxygen atoms in total. The van der Waals surface area contributed by atoms with Crippen LogP contribution in [0.15, 0.2) is 115 Å². The fourth-order valence-electron chi connectivity index (χ4n) is 5.18. The number of aryl methyl sites for hydroxylation is 1. The van der Waals surface area contributed by atoms with E-state index in [1.54, 1.807) is 0 Å². The molecule has 0 aliphatic heterocycles. The van der Waals surface area contributed by atoms with Crippen LogP contribution in [-0.2, 0) is 13.0 Å². The van der Waals surface area contributed by atoms with Gasteiger partial charge in [0.25, 0.3) is 0 Å². The number of nitrogens with one attached hydrogen (secondary N) is 1. The van der Waals surface area contributed by atoms with Crippen LogP contribution in [0, 0.1) is 0 Å². The number of carboxylic acids is 1. The van der Waals surface area contributed by atoms with Crippen molar-refractivity contribution in [3.8, 4) is 22.6 Å². The van der Waals surface area contributed by atoms with Gasteiger partial charge in [-0.05, 0) is 53.1 Å². The van der Waals surface area contributed by atoms with Gasteiger partial charge >= 0.3 is 5.97 Å². The third-order valence-corrected chi connectivity index (χ3v) is 7.15. The van der Waals surface area contributed by atoms with Crippen molar-refractivity contribution < 1.29 is 19.4 Å². The molecule has 1 aromatic heterocycles. The lowest BCUT2D eigenvalue weighted by molar-refractivity contribution is 0.0690. The Bertz CT molecular complexity index is 1770. The minimum absolute atomic E-state index is 0.232. The Morgan fingerprint density at radius 1 is 0.725 bits per heavy atom. The molecule has 0 radical (unpaired) electrons. The summed E-state index contributed by atoms with van der Waals surface area (Å²) in [4.78, 5) is 15.4. The number of rotatable bonds is 10. The zero-order valence-electron chi connectivity index (χ0n) is 22.0. The minimum Gasteiger partial charge on any atom is -0.493 e. The molecule has 0 aliphatic rings. The monoisotopic (exact) mass is 527 g/mol. The Kier molecular flexibility index (Phi) is 7.18. The summed E-state index contributed by atoms with van der Waals surface area (Å²) in [7, 11) is 0.